The Morgan fingerprint density at radius 3 is 2.60 bits per heavy atom. The highest BCUT2D eigenvalue weighted by molar-refractivity contribution is 4.81. The van der Waals surface area contributed by atoms with E-state index in [1.165, 1.54) is 25.7 Å². The maximum Gasteiger partial charge on any atom is 0.0833 e. The fraction of sp³-hybridized carbons (Fsp3) is 1.00. The van der Waals surface area contributed by atoms with Crippen LogP contribution in [0.5, 0.6) is 0 Å². The number of aliphatic hydroxyl groups is 1. The van der Waals surface area contributed by atoms with Crippen molar-refractivity contribution in [2.24, 2.45) is 11.8 Å². The summed E-state index contributed by atoms with van der Waals surface area (Å²) in [7, 11) is 0. The molecule has 0 spiro atoms. The fourth-order valence-corrected chi connectivity index (χ4v) is 2.77. The number of ether oxygens (including phenoxy) is 1. The smallest absolute Gasteiger partial charge is 0.0833 e. The van der Waals surface area contributed by atoms with Crippen molar-refractivity contribution in [1.82, 2.24) is 0 Å². The van der Waals surface area contributed by atoms with Crippen molar-refractivity contribution in [3.63, 3.8) is 0 Å². The van der Waals surface area contributed by atoms with Gasteiger partial charge in [-0.25, -0.2) is 0 Å². The third kappa shape index (κ3) is 3.76. The molecule has 1 rings (SSSR count). The zero-order valence-electron chi connectivity index (χ0n) is 10.4. The van der Waals surface area contributed by atoms with Gasteiger partial charge in [0.1, 0.15) is 0 Å². The Hall–Kier alpha value is -0.0800. The van der Waals surface area contributed by atoms with Gasteiger partial charge in [0.05, 0.1) is 12.2 Å². The third-order valence-electron chi connectivity index (χ3n) is 3.62. The van der Waals surface area contributed by atoms with Crippen LogP contribution in [0.15, 0.2) is 0 Å². The second-order valence-corrected chi connectivity index (χ2v) is 4.92. The van der Waals surface area contributed by atoms with Crippen LogP contribution in [0.25, 0.3) is 0 Å². The van der Waals surface area contributed by atoms with E-state index in [1.807, 2.05) is 6.92 Å². The Bertz CT molecular complexity index is 170. The van der Waals surface area contributed by atoms with Crippen molar-refractivity contribution in [1.29, 1.82) is 0 Å². The van der Waals surface area contributed by atoms with Crippen LogP contribution in [0.3, 0.4) is 0 Å². The van der Waals surface area contributed by atoms with Crippen molar-refractivity contribution in [3.05, 3.63) is 0 Å². The molecule has 1 fully saturated rings. The summed E-state index contributed by atoms with van der Waals surface area (Å²) in [4.78, 5) is 0. The molecule has 0 aromatic heterocycles. The van der Waals surface area contributed by atoms with Gasteiger partial charge in [0, 0.05) is 6.61 Å². The zero-order valence-corrected chi connectivity index (χ0v) is 10.4. The maximum absolute atomic E-state index is 10.3. The first-order valence-electron chi connectivity index (χ1n) is 6.48. The Morgan fingerprint density at radius 1 is 1.33 bits per heavy atom. The van der Waals surface area contributed by atoms with Crippen LogP contribution >= 0.6 is 0 Å². The second-order valence-electron chi connectivity index (χ2n) is 4.92. The normalized spacial score (nSPS) is 31.2. The summed E-state index contributed by atoms with van der Waals surface area (Å²) in [6, 6.07) is 0. The predicted molar refractivity (Wildman–Crippen MR) is 62.8 cm³/mol. The van der Waals surface area contributed by atoms with Crippen LogP contribution in [-0.2, 0) is 4.74 Å². The van der Waals surface area contributed by atoms with Crippen molar-refractivity contribution in [2.45, 2.75) is 65.1 Å². The van der Waals surface area contributed by atoms with Gasteiger partial charge in [0.2, 0.25) is 0 Å². The lowest BCUT2D eigenvalue weighted by Crippen LogP contribution is -2.37. The monoisotopic (exact) mass is 214 g/mol. The van der Waals surface area contributed by atoms with Gasteiger partial charge in [-0.3, -0.25) is 0 Å². The minimum atomic E-state index is -0.252. The Balaban J connectivity index is 2.45. The summed E-state index contributed by atoms with van der Waals surface area (Å²) in [6.45, 7) is 7.09. The van der Waals surface area contributed by atoms with Gasteiger partial charge in [-0.1, -0.05) is 26.7 Å². The molecule has 0 heterocycles. The van der Waals surface area contributed by atoms with Gasteiger partial charge >= 0.3 is 0 Å². The molecule has 0 aliphatic heterocycles. The lowest BCUT2D eigenvalue weighted by molar-refractivity contribution is -0.0693. The SMILES string of the molecule is CCOC(CC)C(O)C1CCCC(C)C1. The summed E-state index contributed by atoms with van der Waals surface area (Å²) in [5.41, 5.74) is 0. The molecule has 4 atom stereocenters. The van der Waals surface area contributed by atoms with Crippen LogP contribution in [-0.4, -0.2) is 23.9 Å². The highest BCUT2D eigenvalue weighted by Gasteiger charge is 2.30. The molecule has 0 aromatic rings. The number of aliphatic hydroxyl groups excluding tert-OH is 1. The highest BCUT2D eigenvalue weighted by atomic mass is 16.5. The van der Waals surface area contributed by atoms with E-state index in [0.29, 0.717) is 12.5 Å². The Morgan fingerprint density at radius 2 is 2.07 bits per heavy atom. The van der Waals surface area contributed by atoms with E-state index in [2.05, 4.69) is 13.8 Å². The van der Waals surface area contributed by atoms with E-state index in [4.69, 9.17) is 4.74 Å². The second kappa shape index (κ2) is 6.49. The first-order chi connectivity index (χ1) is 7.19. The van der Waals surface area contributed by atoms with Gasteiger partial charge in [-0.2, -0.15) is 0 Å². The zero-order chi connectivity index (χ0) is 11.3. The van der Waals surface area contributed by atoms with Crippen molar-refractivity contribution >= 4 is 0 Å². The molecule has 90 valence electrons. The topological polar surface area (TPSA) is 29.5 Å². The van der Waals surface area contributed by atoms with Crippen LogP contribution in [0.4, 0.5) is 0 Å². The molecule has 15 heavy (non-hydrogen) atoms. The third-order valence-corrected chi connectivity index (χ3v) is 3.62. The lowest BCUT2D eigenvalue weighted by Gasteiger charge is -2.34. The standard InChI is InChI=1S/C13H26O2/c1-4-12(15-5-2)13(14)11-8-6-7-10(3)9-11/h10-14H,4-9H2,1-3H3. The molecule has 1 aliphatic rings. The molecule has 1 N–H and O–H groups in total. The van der Waals surface area contributed by atoms with Crippen molar-refractivity contribution < 1.29 is 9.84 Å². The minimum absolute atomic E-state index is 0.0466. The van der Waals surface area contributed by atoms with Gasteiger partial charge in [0.25, 0.3) is 0 Å². The average molecular weight is 214 g/mol. The molecule has 0 radical (unpaired) electrons. The van der Waals surface area contributed by atoms with E-state index in [9.17, 15) is 5.11 Å². The molecular weight excluding hydrogens is 188 g/mol. The largest absolute Gasteiger partial charge is 0.390 e. The summed E-state index contributed by atoms with van der Waals surface area (Å²) in [5.74, 6) is 1.24. The summed E-state index contributed by atoms with van der Waals surface area (Å²) in [6.07, 6.45) is 5.66. The number of hydrogen-bond acceptors (Lipinski definition) is 2. The molecule has 1 saturated carbocycles. The van der Waals surface area contributed by atoms with Gasteiger partial charge in [-0.05, 0) is 38.0 Å². The molecule has 4 unspecified atom stereocenters. The van der Waals surface area contributed by atoms with E-state index >= 15 is 0 Å². The minimum Gasteiger partial charge on any atom is -0.390 e. The molecule has 0 saturated heterocycles. The van der Waals surface area contributed by atoms with Gasteiger partial charge in [-0.15, -0.1) is 0 Å². The maximum atomic E-state index is 10.3. The Labute approximate surface area is 94.0 Å². The molecule has 2 heteroatoms. The van der Waals surface area contributed by atoms with Gasteiger partial charge in [0.15, 0.2) is 0 Å². The summed E-state index contributed by atoms with van der Waals surface area (Å²) < 4.78 is 5.59. The predicted octanol–water partition coefficient (Wildman–Crippen LogP) is 2.99. The highest BCUT2D eigenvalue weighted by Crippen LogP contribution is 2.32. The van der Waals surface area contributed by atoms with E-state index in [0.717, 1.165) is 12.3 Å². The van der Waals surface area contributed by atoms with E-state index in [-0.39, 0.29) is 12.2 Å². The molecule has 2 nitrogen and oxygen atoms in total. The van der Waals surface area contributed by atoms with Crippen LogP contribution < -0.4 is 0 Å². The Kier molecular flexibility index (Phi) is 5.62. The molecule has 0 aromatic carbocycles. The van der Waals surface area contributed by atoms with E-state index < -0.39 is 0 Å². The summed E-state index contributed by atoms with van der Waals surface area (Å²) >= 11 is 0. The molecule has 0 amide bonds. The van der Waals surface area contributed by atoms with Crippen LogP contribution in [0, 0.1) is 11.8 Å². The molecule has 1 aliphatic carbocycles. The fourth-order valence-electron chi connectivity index (χ4n) is 2.77. The molecule has 0 bridgehead atoms. The average Bonchev–Trinajstić information content (AvgIpc) is 2.25. The van der Waals surface area contributed by atoms with Crippen LogP contribution in [0.2, 0.25) is 0 Å². The molecular formula is C13H26O2. The van der Waals surface area contributed by atoms with Crippen molar-refractivity contribution in [2.75, 3.05) is 6.61 Å². The first-order valence-corrected chi connectivity index (χ1v) is 6.48. The number of rotatable bonds is 5. The van der Waals surface area contributed by atoms with Crippen LogP contribution in [0.1, 0.15) is 52.9 Å². The van der Waals surface area contributed by atoms with Gasteiger partial charge < -0.3 is 9.84 Å². The first kappa shape index (κ1) is 13.0. The number of hydrogen-bond donors (Lipinski definition) is 1. The lowest BCUT2D eigenvalue weighted by atomic mass is 9.78. The summed E-state index contributed by atoms with van der Waals surface area (Å²) in [5, 5.41) is 10.3. The van der Waals surface area contributed by atoms with E-state index in [1.54, 1.807) is 0 Å². The quantitative estimate of drug-likeness (QED) is 0.762. The van der Waals surface area contributed by atoms with Crippen molar-refractivity contribution in [3.8, 4) is 0 Å².